The van der Waals surface area contributed by atoms with E-state index in [0.717, 1.165) is 12.8 Å². The van der Waals surface area contributed by atoms with Crippen molar-refractivity contribution in [1.29, 1.82) is 0 Å². The highest BCUT2D eigenvalue weighted by molar-refractivity contribution is 5.98. The molecule has 0 N–H and O–H groups in total. The average molecular weight is 112 g/mol. The molecule has 0 aliphatic heterocycles. The molecule has 1 aliphatic carbocycles. The molecule has 0 heterocycles. The Bertz CT molecular complexity index is 107. The van der Waals surface area contributed by atoms with Crippen LogP contribution in [0.25, 0.3) is 0 Å². The highest BCUT2D eigenvalue weighted by Gasteiger charge is 2.43. The zero-order valence-corrected chi connectivity index (χ0v) is 5.48. The minimum atomic E-state index is 0.398. The van der Waals surface area contributed by atoms with Crippen LogP contribution in [-0.2, 0) is 4.79 Å². The summed E-state index contributed by atoms with van der Waals surface area (Å²) < 4.78 is 0. The zero-order chi connectivity index (χ0) is 6.15. The van der Waals surface area contributed by atoms with Crippen LogP contribution in [0.5, 0.6) is 0 Å². The predicted octanol–water partition coefficient (Wildman–Crippen LogP) is 1.62. The third-order valence-electron chi connectivity index (χ3n) is 1.91. The van der Waals surface area contributed by atoms with Gasteiger partial charge in [-0.3, -0.25) is 4.79 Å². The number of ketones is 1. The van der Waals surface area contributed by atoms with Crippen molar-refractivity contribution in [1.82, 2.24) is 0 Å². The van der Waals surface area contributed by atoms with Crippen LogP contribution < -0.4 is 0 Å². The Morgan fingerprint density at radius 3 is 2.25 bits per heavy atom. The first-order chi connectivity index (χ1) is 3.77. The van der Waals surface area contributed by atoms with Gasteiger partial charge in [0, 0.05) is 11.8 Å². The second-order valence-corrected chi connectivity index (χ2v) is 2.59. The Hall–Kier alpha value is -0.330. The molecule has 1 heteroatoms. The zero-order valence-electron chi connectivity index (χ0n) is 5.48. The van der Waals surface area contributed by atoms with Gasteiger partial charge < -0.3 is 0 Å². The van der Waals surface area contributed by atoms with Gasteiger partial charge in [-0.1, -0.05) is 20.3 Å². The van der Waals surface area contributed by atoms with Crippen LogP contribution in [0.1, 0.15) is 26.7 Å². The second-order valence-electron chi connectivity index (χ2n) is 2.59. The van der Waals surface area contributed by atoms with E-state index in [1.54, 1.807) is 0 Å². The standard InChI is InChI=1S/C7H12O/c1-3-4-6-5(2)7(6)8/h5-6H,3-4H2,1-2H3. The maximum atomic E-state index is 10.6. The first-order valence-corrected chi connectivity index (χ1v) is 3.31. The average Bonchev–Trinajstić information content (AvgIpc) is 2.25. The van der Waals surface area contributed by atoms with Gasteiger partial charge in [0.15, 0.2) is 0 Å². The molecular formula is C7H12O. The van der Waals surface area contributed by atoms with Crippen LogP contribution in [0.3, 0.4) is 0 Å². The van der Waals surface area contributed by atoms with Gasteiger partial charge in [-0.25, -0.2) is 0 Å². The topological polar surface area (TPSA) is 17.1 Å². The van der Waals surface area contributed by atoms with Crippen LogP contribution in [0, 0.1) is 11.8 Å². The van der Waals surface area contributed by atoms with E-state index < -0.39 is 0 Å². The molecule has 0 saturated heterocycles. The number of carbonyl (C=O) groups is 1. The summed E-state index contributed by atoms with van der Waals surface area (Å²) in [5.41, 5.74) is 0. The van der Waals surface area contributed by atoms with Crippen LogP contribution in [-0.4, -0.2) is 5.78 Å². The monoisotopic (exact) mass is 112 g/mol. The lowest BCUT2D eigenvalue weighted by Crippen LogP contribution is -1.76. The van der Waals surface area contributed by atoms with Gasteiger partial charge in [0.1, 0.15) is 5.78 Å². The molecule has 1 aliphatic rings. The molecule has 0 spiro atoms. The molecule has 0 aromatic rings. The number of hydrogen-bond acceptors (Lipinski definition) is 1. The molecular weight excluding hydrogens is 100 g/mol. The van der Waals surface area contributed by atoms with Crippen molar-refractivity contribution in [2.75, 3.05) is 0 Å². The molecule has 46 valence electrons. The number of rotatable bonds is 2. The summed E-state index contributed by atoms with van der Waals surface area (Å²) in [7, 11) is 0. The van der Waals surface area contributed by atoms with E-state index in [0.29, 0.717) is 17.6 Å². The van der Waals surface area contributed by atoms with Crippen molar-refractivity contribution in [2.45, 2.75) is 26.7 Å². The number of hydrogen-bond donors (Lipinski definition) is 0. The maximum absolute atomic E-state index is 10.6. The largest absolute Gasteiger partial charge is 0.299 e. The van der Waals surface area contributed by atoms with Gasteiger partial charge in [0.2, 0.25) is 0 Å². The summed E-state index contributed by atoms with van der Waals surface area (Å²) in [6.45, 7) is 4.14. The highest BCUT2D eigenvalue weighted by Crippen LogP contribution is 2.36. The van der Waals surface area contributed by atoms with Gasteiger partial charge in [-0.2, -0.15) is 0 Å². The van der Waals surface area contributed by atoms with E-state index >= 15 is 0 Å². The van der Waals surface area contributed by atoms with E-state index in [4.69, 9.17) is 0 Å². The summed E-state index contributed by atoms with van der Waals surface area (Å²) in [5, 5.41) is 0. The first kappa shape index (κ1) is 5.80. The fourth-order valence-corrected chi connectivity index (χ4v) is 1.14. The SMILES string of the molecule is CCCC1C(=O)C1C. The molecule has 0 amide bonds. The Morgan fingerprint density at radius 2 is 2.12 bits per heavy atom. The molecule has 1 rings (SSSR count). The first-order valence-electron chi connectivity index (χ1n) is 3.31. The van der Waals surface area contributed by atoms with Crippen molar-refractivity contribution < 1.29 is 4.79 Å². The maximum Gasteiger partial charge on any atom is 0.140 e. The number of carbonyl (C=O) groups excluding carboxylic acids is 1. The van der Waals surface area contributed by atoms with Crippen LogP contribution in [0.15, 0.2) is 0 Å². The smallest absolute Gasteiger partial charge is 0.140 e. The predicted molar refractivity (Wildman–Crippen MR) is 32.6 cm³/mol. The van der Waals surface area contributed by atoms with Crippen molar-refractivity contribution >= 4 is 5.78 Å². The minimum Gasteiger partial charge on any atom is -0.299 e. The molecule has 0 radical (unpaired) electrons. The summed E-state index contributed by atoms with van der Waals surface area (Å²) in [4.78, 5) is 10.6. The minimum absolute atomic E-state index is 0.398. The molecule has 0 aromatic heterocycles. The molecule has 0 bridgehead atoms. The van der Waals surface area contributed by atoms with Crippen molar-refractivity contribution in [3.05, 3.63) is 0 Å². The molecule has 1 saturated carbocycles. The molecule has 1 nitrogen and oxygen atoms in total. The Kier molecular flexibility index (Phi) is 1.37. The van der Waals surface area contributed by atoms with Gasteiger partial charge >= 0.3 is 0 Å². The van der Waals surface area contributed by atoms with Crippen molar-refractivity contribution in [3.63, 3.8) is 0 Å². The molecule has 8 heavy (non-hydrogen) atoms. The van der Waals surface area contributed by atoms with E-state index in [2.05, 4.69) is 6.92 Å². The van der Waals surface area contributed by atoms with Crippen LogP contribution in [0.2, 0.25) is 0 Å². The third-order valence-corrected chi connectivity index (χ3v) is 1.91. The summed E-state index contributed by atoms with van der Waals surface area (Å²) >= 11 is 0. The molecule has 0 aromatic carbocycles. The third kappa shape index (κ3) is 0.770. The summed E-state index contributed by atoms with van der Waals surface area (Å²) in [5.74, 6) is 1.32. The van der Waals surface area contributed by atoms with E-state index in [9.17, 15) is 4.79 Å². The Morgan fingerprint density at radius 1 is 1.62 bits per heavy atom. The molecule has 2 unspecified atom stereocenters. The Balaban J connectivity index is 2.23. The summed E-state index contributed by atoms with van der Waals surface area (Å²) in [6.07, 6.45) is 2.26. The Labute approximate surface area is 50.1 Å². The van der Waals surface area contributed by atoms with E-state index in [1.165, 1.54) is 0 Å². The second kappa shape index (κ2) is 1.88. The highest BCUT2D eigenvalue weighted by atomic mass is 16.1. The molecule has 2 atom stereocenters. The lowest BCUT2D eigenvalue weighted by Gasteiger charge is -1.83. The normalized spacial score (nSPS) is 35.5. The fraction of sp³-hybridized carbons (Fsp3) is 0.857. The quantitative estimate of drug-likeness (QED) is 0.530. The van der Waals surface area contributed by atoms with Crippen LogP contribution >= 0.6 is 0 Å². The van der Waals surface area contributed by atoms with E-state index in [1.807, 2.05) is 6.92 Å². The van der Waals surface area contributed by atoms with E-state index in [-0.39, 0.29) is 0 Å². The van der Waals surface area contributed by atoms with Gasteiger partial charge in [0.25, 0.3) is 0 Å². The number of Topliss-reactive ketones (excluding diaryl/α,β-unsaturated/α-hetero) is 1. The van der Waals surface area contributed by atoms with Gasteiger partial charge in [-0.15, -0.1) is 0 Å². The lowest BCUT2D eigenvalue weighted by atomic mass is 10.2. The fourth-order valence-electron chi connectivity index (χ4n) is 1.14. The molecule has 1 fully saturated rings. The van der Waals surface area contributed by atoms with Gasteiger partial charge in [0.05, 0.1) is 0 Å². The van der Waals surface area contributed by atoms with Crippen LogP contribution in [0.4, 0.5) is 0 Å². The van der Waals surface area contributed by atoms with Crippen molar-refractivity contribution in [3.8, 4) is 0 Å². The lowest BCUT2D eigenvalue weighted by molar-refractivity contribution is -0.112. The van der Waals surface area contributed by atoms with Gasteiger partial charge in [-0.05, 0) is 6.42 Å². The van der Waals surface area contributed by atoms with Crippen molar-refractivity contribution in [2.24, 2.45) is 11.8 Å². The summed E-state index contributed by atoms with van der Waals surface area (Å²) in [6, 6.07) is 0.